The Labute approximate surface area is 157 Å². The topological polar surface area (TPSA) is 49.4 Å². The van der Waals surface area contributed by atoms with Gasteiger partial charge in [-0.3, -0.25) is 9.59 Å². The number of fused-ring (bicyclic) bond motifs is 1. The van der Waals surface area contributed by atoms with Gasteiger partial charge in [0.1, 0.15) is 5.82 Å². The molecule has 0 bridgehead atoms. The molecule has 1 aliphatic rings. The SMILES string of the molecule is CCN(CC)C(=O)c1cc2c(s1)CCC(C(=O)Nc1ccccc1F)C2. The number of hydrogen-bond acceptors (Lipinski definition) is 3. The maximum absolute atomic E-state index is 13.7. The second-order valence-corrected chi connectivity index (χ2v) is 7.58. The van der Waals surface area contributed by atoms with Crippen molar-refractivity contribution in [1.29, 1.82) is 0 Å². The van der Waals surface area contributed by atoms with Gasteiger partial charge < -0.3 is 10.2 Å². The molecule has 0 radical (unpaired) electrons. The number of carbonyl (C=O) groups excluding carboxylic acids is 2. The van der Waals surface area contributed by atoms with Gasteiger partial charge in [0.05, 0.1) is 10.6 Å². The Morgan fingerprint density at radius 3 is 2.69 bits per heavy atom. The summed E-state index contributed by atoms with van der Waals surface area (Å²) in [5.41, 5.74) is 1.29. The van der Waals surface area contributed by atoms with Crippen LogP contribution in [0.4, 0.5) is 10.1 Å². The largest absolute Gasteiger partial charge is 0.339 e. The lowest BCUT2D eigenvalue weighted by Gasteiger charge is -2.21. The fraction of sp³-hybridized carbons (Fsp3) is 0.400. The minimum atomic E-state index is -0.431. The van der Waals surface area contributed by atoms with E-state index >= 15 is 0 Å². The first kappa shape index (κ1) is 18.6. The van der Waals surface area contributed by atoms with Crippen LogP contribution >= 0.6 is 11.3 Å². The fourth-order valence-corrected chi connectivity index (χ4v) is 4.49. The molecule has 1 unspecified atom stereocenters. The zero-order valence-corrected chi connectivity index (χ0v) is 15.9. The van der Waals surface area contributed by atoms with Gasteiger partial charge in [-0.1, -0.05) is 12.1 Å². The highest BCUT2D eigenvalue weighted by Crippen LogP contribution is 2.33. The molecule has 1 aliphatic carbocycles. The van der Waals surface area contributed by atoms with E-state index in [-0.39, 0.29) is 23.4 Å². The summed E-state index contributed by atoms with van der Waals surface area (Å²) in [5.74, 6) is -0.738. The van der Waals surface area contributed by atoms with Gasteiger partial charge in [-0.2, -0.15) is 0 Å². The first-order valence-electron chi connectivity index (χ1n) is 8.99. The van der Waals surface area contributed by atoms with Gasteiger partial charge in [0.2, 0.25) is 5.91 Å². The molecule has 26 heavy (non-hydrogen) atoms. The minimum Gasteiger partial charge on any atom is -0.339 e. The molecule has 138 valence electrons. The molecule has 6 heteroatoms. The number of benzene rings is 1. The lowest BCUT2D eigenvalue weighted by atomic mass is 9.87. The van der Waals surface area contributed by atoms with Gasteiger partial charge >= 0.3 is 0 Å². The maximum Gasteiger partial charge on any atom is 0.263 e. The summed E-state index contributed by atoms with van der Waals surface area (Å²) in [4.78, 5) is 28.8. The molecule has 0 aliphatic heterocycles. The van der Waals surface area contributed by atoms with Crippen LogP contribution in [-0.4, -0.2) is 29.8 Å². The number of carbonyl (C=O) groups is 2. The number of hydrogen-bond donors (Lipinski definition) is 1. The highest BCUT2D eigenvalue weighted by Gasteiger charge is 2.28. The Morgan fingerprint density at radius 1 is 1.27 bits per heavy atom. The highest BCUT2D eigenvalue weighted by atomic mass is 32.1. The number of nitrogens with one attached hydrogen (secondary N) is 1. The maximum atomic E-state index is 13.7. The zero-order valence-electron chi connectivity index (χ0n) is 15.0. The molecular weight excluding hydrogens is 351 g/mol. The van der Waals surface area contributed by atoms with Crippen LogP contribution in [0.25, 0.3) is 0 Å². The van der Waals surface area contributed by atoms with Crippen molar-refractivity contribution < 1.29 is 14.0 Å². The fourth-order valence-electron chi connectivity index (χ4n) is 3.32. The summed E-state index contributed by atoms with van der Waals surface area (Å²) < 4.78 is 13.7. The highest BCUT2D eigenvalue weighted by molar-refractivity contribution is 7.14. The number of halogens is 1. The predicted octanol–water partition coefficient (Wildman–Crippen LogP) is 4.11. The van der Waals surface area contributed by atoms with Crippen LogP contribution < -0.4 is 5.32 Å². The molecule has 1 heterocycles. The van der Waals surface area contributed by atoms with Crippen LogP contribution in [0.2, 0.25) is 0 Å². The number of aryl methyl sites for hydroxylation is 1. The van der Waals surface area contributed by atoms with Gasteiger partial charge in [0.15, 0.2) is 0 Å². The summed E-state index contributed by atoms with van der Waals surface area (Å²) in [6, 6.07) is 8.12. The Balaban J connectivity index is 1.70. The third-order valence-corrected chi connectivity index (χ3v) is 6.07. The van der Waals surface area contributed by atoms with E-state index in [1.54, 1.807) is 23.1 Å². The second-order valence-electron chi connectivity index (χ2n) is 6.45. The number of thiophene rings is 1. The summed E-state index contributed by atoms with van der Waals surface area (Å²) in [6.45, 7) is 5.31. The zero-order chi connectivity index (χ0) is 18.7. The van der Waals surface area contributed by atoms with Gasteiger partial charge in [0.25, 0.3) is 5.91 Å². The minimum absolute atomic E-state index is 0.0572. The molecule has 0 spiro atoms. The lowest BCUT2D eigenvalue weighted by Crippen LogP contribution is -2.29. The van der Waals surface area contributed by atoms with Gasteiger partial charge in [0, 0.05) is 23.9 Å². The molecule has 1 atom stereocenters. The summed E-state index contributed by atoms with van der Waals surface area (Å²) in [6.07, 6.45) is 2.09. The number of anilines is 1. The molecular formula is C20H23FN2O2S. The molecule has 1 aromatic heterocycles. The van der Waals surface area contributed by atoms with Crippen LogP contribution in [0, 0.1) is 11.7 Å². The average molecular weight is 374 g/mol. The van der Waals surface area contributed by atoms with Crippen molar-refractivity contribution in [3.8, 4) is 0 Å². The van der Waals surface area contributed by atoms with Crippen LogP contribution in [0.5, 0.6) is 0 Å². The number of rotatable bonds is 5. The van der Waals surface area contributed by atoms with Crippen molar-refractivity contribution in [2.24, 2.45) is 5.92 Å². The lowest BCUT2D eigenvalue weighted by molar-refractivity contribution is -0.120. The van der Waals surface area contributed by atoms with E-state index in [1.807, 2.05) is 19.9 Å². The molecule has 1 aromatic carbocycles. The van der Waals surface area contributed by atoms with E-state index in [9.17, 15) is 14.0 Å². The smallest absolute Gasteiger partial charge is 0.263 e. The first-order valence-corrected chi connectivity index (χ1v) is 9.81. The standard InChI is InChI=1S/C20H23FN2O2S/c1-3-23(4-2)20(25)18-12-14-11-13(9-10-17(14)26-18)19(24)22-16-8-6-5-7-15(16)21/h5-8,12-13H,3-4,9-11H2,1-2H3,(H,22,24). The molecule has 1 N–H and O–H groups in total. The summed E-state index contributed by atoms with van der Waals surface area (Å²) in [5, 5.41) is 2.69. The van der Waals surface area contributed by atoms with E-state index in [0.717, 1.165) is 16.9 Å². The monoisotopic (exact) mass is 374 g/mol. The van der Waals surface area contributed by atoms with Crippen LogP contribution in [0.3, 0.4) is 0 Å². The Kier molecular flexibility index (Phi) is 5.71. The van der Waals surface area contributed by atoms with Crippen molar-refractivity contribution in [2.75, 3.05) is 18.4 Å². The van der Waals surface area contributed by atoms with E-state index in [1.165, 1.54) is 22.3 Å². The van der Waals surface area contributed by atoms with Crippen LogP contribution in [-0.2, 0) is 17.6 Å². The Hall–Kier alpha value is -2.21. The van der Waals surface area contributed by atoms with Gasteiger partial charge in [-0.05, 0) is 56.9 Å². The van der Waals surface area contributed by atoms with Gasteiger partial charge in [-0.15, -0.1) is 11.3 Å². The Bertz CT molecular complexity index is 814. The van der Waals surface area contributed by atoms with Crippen molar-refractivity contribution in [3.63, 3.8) is 0 Å². The molecule has 0 saturated heterocycles. The van der Waals surface area contributed by atoms with E-state index in [2.05, 4.69) is 5.32 Å². The third-order valence-electron chi connectivity index (χ3n) is 4.85. The van der Waals surface area contributed by atoms with Crippen molar-refractivity contribution in [1.82, 2.24) is 4.90 Å². The average Bonchev–Trinajstić information content (AvgIpc) is 3.07. The van der Waals surface area contributed by atoms with Crippen molar-refractivity contribution in [3.05, 3.63) is 51.5 Å². The molecule has 0 saturated carbocycles. The number of amides is 2. The summed E-state index contributed by atoms with van der Waals surface area (Å²) >= 11 is 1.54. The van der Waals surface area contributed by atoms with Crippen molar-refractivity contribution >= 4 is 28.8 Å². The number of para-hydroxylation sites is 1. The second kappa shape index (κ2) is 7.99. The third kappa shape index (κ3) is 3.80. The van der Waals surface area contributed by atoms with Crippen molar-refractivity contribution in [2.45, 2.75) is 33.1 Å². The van der Waals surface area contributed by atoms with E-state index in [4.69, 9.17) is 0 Å². The molecule has 2 aromatic rings. The Morgan fingerprint density at radius 2 is 2.00 bits per heavy atom. The molecule has 0 fully saturated rings. The first-order chi connectivity index (χ1) is 12.5. The predicted molar refractivity (Wildman–Crippen MR) is 102 cm³/mol. The summed E-state index contributed by atoms with van der Waals surface area (Å²) in [7, 11) is 0. The quantitative estimate of drug-likeness (QED) is 0.856. The number of nitrogens with zero attached hydrogens (tertiary/aromatic N) is 1. The van der Waals surface area contributed by atoms with E-state index < -0.39 is 5.82 Å². The van der Waals surface area contributed by atoms with Crippen LogP contribution in [0.15, 0.2) is 30.3 Å². The molecule has 4 nitrogen and oxygen atoms in total. The molecule has 2 amide bonds. The molecule has 3 rings (SSSR count). The normalized spacial score (nSPS) is 16.0. The van der Waals surface area contributed by atoms with E-state index in [0.29, 0.717) is 25.9 Å². The van der Waals surface area contributed by atoms with Gasteiger partial charge in [-0.25, -0.2) is 4.39 Å². The van der Waals surface area contributed by atoms with Crippen LogP contribution in [0.1, 0.15) is 40.4 Å².